The van der Waals surface area contributed by atoms with Crippen molar-refractivity contribution < 1.29 is 9.53 Å². The number of nitrogens with one attached hydrogen (secondary N) is 1. The molecule has 0 heterocycles. The smallest absolute Gasteiger partial charge is 0.265 e. The van der Waals surface area contributed by atoms with Crippen LogP contribution in [-0.2, 0) is 11.2 Å². The van der Waals surface area contributed by atoms with E-state index >= 15 is 0 Å². The molecule has 4 heteroatoms. The van der Waals surface area contributed by atoms with Crippen LogP contribution in [0.25, 0.3) is 0 Å². The Morgan fingerprint density at radius 2 is 1.95 bits per heavy atom. The summed E-state index contributed by atoms with van der Waals surface area (Å²) in [5.41, 5.74) is 2.00. The van der Waals surface area contributed by atoms with Crippen molar-refractivity contribution in [3.8, 4) is 5.75 Å². The lowest BCUT2D eigenvalue weighted by Crippen LogP contribution is -2.30. The van der Waals surface area contributed by atoms with E-state index < -0.39 is 6.10 Å². The Balaban J connectivity index is 1.95. The molecule has 1 N–H and O–H groups in total. The Labute approximate surface area is 129 Å². The molecule has 0 aliphatic heterocycles. The molecular weight excluding hydrogens is 286 g/mol. The Morgan fingerprint density at radius 1 is 1.24 bits per heavy atom. The lowest BCUT2D eigenvalue weighted by Gasteiger charge is -2.15. The monoisotopic (exact) mass is 303 g/mol. The number of hydrogen-bond donors (Lipinski definition) is 1. The van der Waals surface area contributed by atoms with E-state index in [-0.39, 0.29) is 5.91 Å². The quantitative estimate of drug-likeness (QED) is 0.894. The second-order valence-corrected chi connectivity index (χ2v) is 5.19. The van der Waals surface area contributed by atoms with Gasteiger partial charge in [-0.05, 0) is 49.2 Å². The minimum atomic E-state index is -0.602. The molecule has 0 aliphatic rings. The first-order chi connectivity index (χ1) is 10.1. The summed E-state index contributed by atoms with van der Waals surface area (Å²) >= 11 is 5.89. The van der Waals surface area contributed by atoms with E-state index in [4.69, 9.17) is 16.3 Å². The van der Waals surface area contributed by atoms with Crippen LogP contribution < -0.4 is 10.1 Å². The van der Waals surface area contributed by atoms with Gasteiger partial charge >= 0.3 is 0 Å². The molecule has 0 bridgehead atoms. The van der Waals surface area contributed by atoms with Crippen LogP contribution in [0.2, 0.25) is 5.02 Å². The number of aryl methyl sites for hydroxylation is 1. The molecule has 0 spiro atoms. The average Bonchev–Trinajstić information content (AvgIpc) is 2.48. The predicted octanol–water partition coefficient (Wildman–Crippen LogP) is 4.31. The molecule has 2 aromatic rings. The third kappa shape index (κ3) is 4.50. The van der Waals surface area contributed by atoms with Crippen molar-refractivity contribution in [1.29, 1.82) is 0 Å². The Hall–Kier alpha value is -2.00. The van der Waals surface area contributed by atoms with Crippen molar-refractivity contribution in [2.45, 2.75) is 26.4 Å². The predicted molar refractivity (Wildman–Crippen MR) is 86.0 cm³/mol. The summed E-state index contributed by atoms with van der Waals surface area (Å²) in [7, 11) is 0. The zero-order chi connectivity index (χ0) is 15.2. The summed E-state index contributed by atoms with van der Waals surface area (Å²) < 4.78 is 5.58. The van der Waals surface area contributed by atoms with Gasteiger partial charge in [-0.25, -0.2) is 0 Å². The maximum Gasteiger partial charge on any atom is 0.265 e. The normalized spacial score (nSPS) is 11.8. The van der Waals surface area contributed by atoms with Crippen LogP contribution >= 0.6 is 11.6 Å². The van der Waals surface area contributed by atoms with Gasteiger partial charge in [0.25, 0.3) is 5.91 Å². The highest BCUT2D eigenvalue weighted by molar-refractivity contribution is 6.30. The Kier molecular flexibility index (Phi) is 5.23. The SMILES string of the molecule is CCc1ccc(NC(=O)[C@@H](C)Oc2cccc(Cl)c2)cc1. The molecule has 1 atom stereocenters. The summed E-state index contributed by atoms with van der Waals surface area (Å²) in [6, 6.07) is 14.8. The van der Waals surface area contributed by atoms with E-state index in [9.17, 15) is 4.79 Å². The van der Waals surface area contributed by atoms with Crippen molar-refractivity contribution >= 4 is 23.2 Å². The van der Waals surface area contributed by atoms with E-state index in [2.05, 4.69) is 12.2 Å². The molecule has 0 saturated heterocycles. The summed E-state index contributed by atoms with van der Waals surface area (Å²) in [6.07, 6.45) is 0.372. The van der Waals surface area contributed by atoms with Crippen molar-refractivity contribution in [3.05, 3.63) is 59.1 Å². The van der Waals surface area contributed by atoms with Crippen molar-refractivity contribution in [1.82, 2.24) is 0 Å². The molecule has 1 amide bonds. The number of rotatable bonds is 5. The van der Waals surface area contributed by atoms with Gasteiger partial charge in [0.05, 0.1) is 0 Å². The van der Waals surface area contributed by atoms with Crippen molar-refractivity contribution in [2.75, 3.05) is 5.32 Å². The standard InChI is InChI=1S/C17H18ClNO2/c1-3-13-7-9-15(10-8-13)19-17(20)12(2)21-16-6-4-5-14(18)11-16/h4-12H,3H2,1-2H3,(H,19,20)/t12-/m1/s1. The van der Waals surface area contributed by atoms with Crippen LogP contribution in [0.1, 0.15) is 19.4 Å². The summed E-state index contributed by atoms with van der Waals surface area (Å²) in [5, 5.41) is 3.41. The number of hydrogen-bond acceptors (Lipinski definition) is 2. The Morgan fingerprint density at radius 3 is 2.57 bits per heavy atom. The number of benzene rings is 2. The summed E-state index contributed by atoms with van der Waals surface area (Å²) in [5.74, 6) is 0.380. The molecular formula is C17H18ClNO2. The first-order valence-corrected chi connectivity index (χ1v) is 7.28. The van der Waals surface area contributed by atoms with Gasteiger partial charge in [0.1, 0.15) is 5.75 Å². The van der Waals surface area contributed by atoms with Gasteiger partial charge in [-0.1, -0.05) is 36.7 Å². The van der Waals surface area contributed by atoms with Crippen LogP contribution in [0.15, 0.2) is 48.5 Å². The molecule has 0 unspecified atom stereocenters. The third-order valence-corrected chi connectivity index (χ3v) is 3.34. The molecule has 0 aromatic heterocycles. The van der Waals surface area contributed by atoms with Gasteiger partial charge in [-0.3, -0.25) is 4.79 Å². The fourth-order valence-corrected chi connectivity index (χ4v) is 2.05. The van der Waals surface area contributed by atoms with E-state index in [0.29, 0.717) is 10.8 Å². The molecule has 2 rings (SSSR count). The first-order valence-electron chi connectivity index (χ1n) is 6.90. The van der Waals surface area contributed by atoms with Gasteiger partial charge in [0.2, 0.25) is 0 Å². The number of ether oxygens (including phenoxy) is 1. The fourth-order valence-electron chi connectivity index (χ4n) is 1.87. The lowest BCUT2D eigenvalue weighted by molar-refractivity contribution is -0.122. The zero-order valence-corrected chi connectivity index (χ0v) is 12.9. The average molecular weight is 304 g/mol. The van der Waals surface area contributed by atoms with Crippen molar-refractivity contribution in [2.24, 2.45) is 0 Å². The molecule has 0 saturated carbocycles. The minimum Gasteiger partial charge on any atom is -0.481 e. The molecule has 2 aromatic carbocycles. The largest absolute Gasteiger partial charge is 0.481 e. The highest BCUT2D eigenvalue weighted by Crippen LogP contribution is 2.19. The third-order valence-electron chi connectivity index (χ3n) is 3.11. The number of carbonyl (C=O) groups excluding carboxylic acids is 1. The van der Waals surface area contributed by atoms with Crippen LogP contribution in [0.3, 0.4) is 0 Å². The summed E-state index contributed by atoms with van der Waals surface area (Å²) in [4.78, 5) is 12.1. The number of halogens is 1. The van der Waals surface area contributed by atoms with Crippen LogP contribution in [0.5, 0.6) is 5.75 Å². The van der Waals surface area contributed by atoms with Crippen LogP contribution in [-0.4, -0.2) is 12.0 Å². The van der Waals surface area contributed by atoms with Crippen molar-refractivity contribution in [3.63, 3.8) is 0 Å². The summed E-state index contributed by atoms with van der Waals surface area (Å²) in [6.45, 7) is 3.80. The first kappa shape index (κ1) is 15.4. The molecule has 0 fully saturated rings. The van der Waals surface area contributed by atoms with Gasteiger partial charge in [-0.2, -0.15) is 0 Å². The van der Waals surface area contributed by atoms with Gasteiger partial charge in [0.15, 0.2) is 6.10 Å². The van der Waals surface area contributed by atoms with Crippen LogP contribution in [0, 0.1) is 0 Å². The molecule has 3 nitrogen and oxygen atoms in total. The van der Waals surface area contributed by atoms with E-state index in [1.54, 1.807) is 31.2 Å². The van der Waals surface area contributed by atoms with E-state index in [1.165, 1.54) is 5.56 Å². The van der Waals surface area contributed by atoms with Gasteiger partial charge in [-0.15, -0.1) is 0 Å². The Bertz CT molecular complexity index is 610. The second kappa shape index (κ2) is 7.14. The number of amides is 1. The molecule has 110 valence electrons. The minimum absolute atomic E-state index is 0.195. The van der Waals surface area contributed by atoms with Gasteiger partial charge < -0.3 is 10.1 Å². The fraction of sp³-hybridized carbons (Fsp3) is 0.235. The molecule has 0 aliphatic carbocycles. The van der Waals surface area contributed by atoms with Gasteiger partial charge in [0, 0.05) is 10.7 Å². The molecule has 21 heavy (non-hydrogen) atoms. The van der Waals surface area contributed by atoms with Crippen LogP contribution in [0.4, 0.5) is 5.69 Å². The van der Waals surface area contributed by atoms with E-state index in [0.717, 1.165) is 12.1 Å². The number of anilines is 1. The molecule has 0 radical (unpaired) electrons. The maximum atomic E-state index is 12.1. The van der Waals surface area contributed by atoms with E-state index in [1.807, 2.05) is 24.3 Å². The topological polar surface area (TPSA) is 38.3 Å². The highest BCUT2D eigenvalue weighted by Gasteiger charge is 2.14. The number of carbonyl (C=O) groups is 1. The maximum absolute atomic E-state index is 12.1. The highest BCUT2D eigenvalue weighted by atomic mass is 35.5. The lowest BCUT2D eigenvalue weighted by atomic mass is 10.1. The zero-order valence-electron chi connectivity index (χ0n) is 12.1. The second-order valence-electron chi connectivity index (χ2n) is 4.76.